The van der Waals surface area contributed by atoms with Crippen molar-refractivity contribution in [1.29, 1.82) is 0 Å². The van der Waals surface area contributed by atoms with Gasteiger partial charge in [-0.3, -0.25) is 0 Å². The zero-order valence-electron chi connectivity index (χ0n) is 8.10. The molecule has 0 heterocycles. The zero-order valence-corrected chi connectivity index (χ0v) is 9.69. The molecule has 0 bridgehead atoms. The summed E-state index contributed by atoms with van der Waals surface area (Å²) in [6, 6.07) is 8.94. The van der Waals surface area contributed by atoms with Crippen molar-refractivity contribution in [2.24, 2.45) is 0 Å². The summed E-state index contributed by atoms with van der Waals surface area (Å²) < 4.78 is 1.23. The Bertz CT molecular complexity index is 487. The normalized spacial score (nSPS) is 13.8. The van der Waals surface area contributed by atoms with Crippen LogP contribution in [-0.2, 0) is 12.8 Å². The Kier molecular flexibility index (Phi) is 1.75. The van der Waals surface area contributed by atoms with Crippen molar-refractivity contribution in [3.05, 3.63) is 39.9 Å². The van der Waals surface area contributed by atoms with Gasteiger partial charge in [0.1, 0.15) is 7.85 Å². The van der Waals surface area contributed by atoms with E-state index in [1.165, 1.54) is 44.7 Å². The van der Waals surface area contributed by atoms with Crippen LogP contribution in [0.15, 0.2) is 28.7 Å². The highest BCUT2D eigenvalue weighted by molar-refractivity contribution is 9.10. The molecule has 1 aliphatic carbocycles. The van der Waals surface area contributed by atoms with Crippen molar-refractivity contribution < 1.29 is 0 Å². The SMILES string of the molecule is Bc1ccc2c3c(ccc(Br)c13)CC2. The minimum Gasteiger partial charge on any atom is -0.0801 e. The van der Waals surface area contributed by atoms with Crippen LogP contribution in [0.1, 0.15) is 11.1 Å². The van der Waals surface area contributed by atoms with Crippen LogP contribution < -0.4 is 5.46 Å². The molecule has 0 aliphatic heterocycles. The highest BCUT2D eigenvalue weighted by Crippen LogP contribution is 2.33. The third-order valence-electron chi connectivity index (χ3n) is 3.15. The first-order valence-corrected chi connectivity index (χ1v) is 5.76. The molecule has 0 unspecified atom stereocenters. The molecule has 0 spiro atoms. The van der Waals surface area contributed by atoms with E-state index in [9.17, 15) is 0 Å². The monoisotopic (exact) mass is 244 g/mol. The van der Waals surface area contributed by atoms with Crippen molar-refractivity contribution in [2.75, 3.05) is 0 Å². The fourth-order valence-corrected chi connectivity index (χ4v) is 3.09. The molecule has 0 radical (unpaired) electrons. The predicted molar refractivity (Wildman–Crippen MR) is 67.2 cm³/mol. The average Bonchev–Trinajstić information content (AvgIpc) is 2.58. The summed E-state index contributed by atoms with van der Waals surface area (Å²) in [6.45, 7) is 0. The summed E-state index contributed by atoms with van der Waals surface area (Å²) in [5.74, 6) is 0. The second-order valence-corrected chi connectivity index (χ2v) is 4.85. The highest BCUT2D eigenvalue weighted by atomic mass is 79.9. The number of halogens is 1. The lowest BCUT2D eigenvalue weighted by atomic mass is 9.88. The smallest absolute Gasteiger partial charge is 0.0801 e. The molecule has 2 aromatic carbocycles. The molecular weight excluding hydrogens is 235 g/mol. The van der Waals surface area contributed by atoms with Gasteiger partial charge in [0, 0.05) is 4.47 Å². The maximum absolute atomic E-state index is 3.64. The van der Waals surface area contributed by atoms with E-state index in [4.69, 9.17) is 0 Å². The molecule has 1 aliphatic rings. The molecule has 0 saturated heterocycles. The van der Waals surface area contributed by atoms with Crippen molar-refractivity contribution in [3.63, 3.8) is 0 Å². The first kappa shape index (κ1) is 8.54. The molecule has 0 atom stereocenters. The third kappa shape index (κ3) is 1.01. The van der Waals surface area contributed by atoms with Crippen molar-refractivity contribution in [1.82, 2.24) is 0 Å². The van der Waals surface area contributed by atoms with Crippen LogP contribution in [0, 0.1) is 0 Å². The van der Waals surface area contributed by atoms with Gasteiger partial charge in [0.15, 0.2) is 0 Å². The van der Waals surface area contributed by atoms with Gasteiger partial charge in [0.2, 0.25) is 0 Å². The topological polar surface area (TPSA) is 0 Å². The number of aryl methyl sites for hydroxylation is 2. The van der Waals surface area contributed by atoms with Gasteiger partial charge in [0.25, 0.3) is 0 Å². The zero-order chi connectivity index (χ0) is 9.71. The maximum Gasteiger partial charge on any atom is 0.140 e. The van der Waals surface area contributed by atoms with E-state index in [1.807, 2.05) is 0 Å². The molecule has 0 fully saturated rings. The van der Waals surface area contributed by atoms with E-state index in [2.05, 4.69) is 48.0 Å². The van der Waals surface area contributed by atoms with Crippen LogP contribution in [0.4, 0.5) is 0 Å². The Morgan fingerprint density at radius 1 is 0.929 bits per heavy atom. The summed E-state index contributed by atoms with van der Waals surface area (Å²) in [5.41, 5.74) is 4.41. The Morgan fingerprint density at radius 2 is 1.57 bits per heavy atom. The second kappa shape index (κ2) is 2.87. The largest absolute Gasteiger partial charge is 0.140 e. The highest BCUT2D eigenvalue weighted by Gasteiger charge is 2.16. The van der Waals surface area contributed by atoms with Crippen LogP contribution in [0.3, 0.4) is 0 Å². The summed E-state index contributed by atoms with van der Waals surface area (Å²) >= 11 is 3.64. The number of hydrogen-bond donors (Lipinski definition) is 0. The fraction of sp³-hybridized carbons (Fsp3) is 0.167. The van der Waals surface area contributed by atoms with E-state index >= 15 is 0 Å². The quantitative estimate of drug-likeness (QED) is 0.622. The Balaban J connectivity index is 2.60. The predicted octanol–water partition coefficient (Wildman–Crippen LogP) is 1.96. The van der Waals surface area contributed by atoms with Crippen molar-refractivity contribution in [2.45, 2.75) is 12.8 Å². The van der Waals surface area contributed by atoms with Gasteiger partial charge in [-0.15, -0.1) is 0 Å². The van der Waals surface area contributed by atoms with Crippen LogP contribution in [0.5, 0.6) is 0 Å². The molecule has 0 nitrogen and oxygen atoms in total. The van der Waals surface area contributed by atoms with Gasteiger partial charge in [-0.25, -0.2) is 0 Å². The molecular formula is C12H10BBr. The van der Waals surface area contributed by atoms with Crippen LogP contribution >= 0.6 is 15.9 Å². The molecule has 68 valence electrons. The first-order valence-electron chi connectivity index (χ1n) is 4.97. The molecule has 0 saturated carbocycles. The molecule has 0 aromatic heterocycles. The van der Waals surface area contributed by atoms with Gasteiger partial charge < -0.3 is 0 Å². The van der Waals surface area contributed by atoms with E-state index in [1.54, 1.807) is 0 Å². The number of benzene rings is 2. The summed E-state index contributed by atoms with van der Waals surface area (Å²) in [5, 5.41) is 2.91. The van der Waals surface area contributed by atoms with Crippen LogP contribution in [0.25, 0.3) is 10.8 Å². The standard InChI is InChI=1S/C12H10BBr/c13-9-5-3-7-1-2-8-4-6-10(14)12(9)11(7)8/h3-6H,1-2,13H2. The van der Waals surface area contributed by atoms with E-state index in [-0.39, 0.29) is 0 Å². The molecule has 0 N–H and O–H groups in total. The maximum atomic E-state index is 3.64. The first-order chi connectivity index (χ1) is 6.77. The lowest BCUT2D eigenvalue weighted by molar-refractivity contribution is 1.02. The minimum atomic E-state index is 1.21. The lowest BCUT2D eigenvalue weighted by Crippen LogP contribution is -2.04. The summed E-state index contributed by atoms with van der Waals surface area (Å²) in [6.07, 6.45) is 2.42. The number of hydrogen-bond acceptors (Lipinski definition) is 0. The lowest BCUT2D eigenvalue weighted by Gasteiger charge is -2.07. The van der Waals surface area contributed by atoms with E-state index < -0.39 is 0 Å². The Labute approximate surface area is 92.9 Å². The van der Waals surface area contributed by atoms with E-state index in [0.717, 1.165) is 0 Å². The van der Waals surface area contributed by atoms with Crippen molar-refractivity contribution in [3.8, 4) is 0 Å². The van der Waals surface area contributed by atoms with Gasteiger partial charge >= 0.3 is 0 Å². The third-order valence-corrected chi connectivity index (χ3v) is 3.82. The fourth-order valence-electron chi connectivity index (χ4n) is 2.45. The van der Waals surface area contributed by atoms with Gasteiger partial charge in [-0.1, -0.05) is 39.6 Å². The Morgan fingerprint density at radius 3 is 2.29 bits per heavy atom. The van der Waals surface area contributed by atoms with Gasteiger partial charge in [-0.05, 0) is 40.8 Å². The molecule has 14 heavy (non-hydrogen) atoms. The van der Waals surface area contributed by atoms with Crippen molar-refractivity contribution >= 4 is 40.0 Å². The summed E-state index contributed by atoms with van der Waals surface area (Å²) in [4.78, 5) is 0. The van der Waals surface area contributed by atoms with Crippen LogP contribution in [0.2, 0.25) is 0 Å². The molecule has 2 heteroatoms. The molecule has 0 amide bonds. The molecule has 2 aromatic rings. The Hall–Kier alpha value is -0.755. The van der Waals surface area contributed by atoms with Gasteiger partial charge in [-0.2, -0.15) is 0 Å². The number of rotatable bonds is 0. The average molecular weight is 245 g/mol. The van der Waals surface area contributed by atoms with Gasteiger partial charge in [0.05, 0.1) is 0 Å². The summed E-state index contributed by atoms with van der Waals surface area (Å²) in [7, 11) is 2.19. The minimum absolute atomic E-state index is 1.21. The second-order valence-electron chi connectivity index (χ2n) is 4.00. The molecule has 3 rings (SSSR count). The van der Waals surface area contributed by atoms with Crippen LogP contribution in [-0.4, -0.2) is 7.85 Å². The van der Waals surface area contributed by atoms with E-state index in [0.29, 0.717) is 0 Å².